The summed E-state index contributed by atoms with van der Waals surface area (Å²) >= 11 is 8.86. The van der Waals surface area contributed by atoms with Gasteiger partial charge < -0.3 is 10.1 Å². The Morgan fingerprint density at radius 1 is 1.22 bits per heavy atom. The number of thiophene rings is 1. The Morgan fingerprint density at radius 3 is 2.76 bits per heavy atom. The van der Waals surface area contributed by atoms with Gasteiger partial charge in [-0.05, 0) is 67.9 Å². The van der Waals surface area contributed by atoms with Crippen LogP contribution in [-0.4, -0.2) is 45.8 Å². The molecule has 0 fully saturated rings. The summed E-state index contributed by atoms with van der Waals surface area (Å²) in [5.41, 5.74) is 2.31. The summed E-state index contributed by atoms with van der Waals surface area (Å²) in [5.74, 6) is 0.621. The number of fused-ring (bicyclic) bond motifs is 3. The highest BCUT2D eigenvalue weighted by Gasteiger charge is 2.25. The standard InChI is InChI=1S/C27H27ClN4O3S2/c1-3-31-13-12-21-22(15-31)37-25-24(21)26(34)32(19-8-10-20(11-9-19)35-4-2)27(30-25)36-16-23(33)29-18-7-5-6-17(28)14-18/h5-11,14H,3-4,12-13,15-16H2,1-2H3,(H,29,33). The van der Waals surface area contributed by atoms with Crippen LogP contribution < -0.4 is 15.6 Å². The summed E-state index contributed by atoms with van der Waals surface area (Å²) in [5, 5.41) is 4.58. The number of carbonyl (C=O) groups excluding carboxylic acids is 1. The van der Waals surface area contributed by atoms with Crippen LogP contribution in [0.2, 0.25) is 5.02 Å². The molecule has 10 heteroatoms. The zero-order valence-corrected chi connectivity index (χ0v) is 23.0. The molecule has 1 aliphatic heterocycles. The Morgan fingerprint density at radius 2 is 2.03 bits per heavy atom. The van der Waals surface area contributed by atoms with Crippen LogP contribution in [0.5, 0.6) is 5.75 Å². The van der Waals surface area contributed by atoms with Gasteiger partial charge in [-0.3, -0.25) is 19.1 Å². The first-order valence-corrected chi connectivity index (χ1v) is 14.4. The molecule has 0 radical (unpaired) electrons. The van der Waals surface area contributed by atoms with Crippen LogP contribution in [0.25, 0.3) is 15.9 Å². The molecule has 1 amide bonds. The van der Waals surface area contributed by atoms with E-state index in [1.54, 1.807) is 40.2 Å². The molecule has 0 bridgehead atoms. The van der Waals surface area contributed by atoms with E-state index < -0.39 is 0 Å². The lowest BCUT2D eigenvalue weighted by atomic mass is 10.1. The summed E-state index contributed by atoms with van der Waals surface area (Å²) in [4.78, 5) is 35.9. The van der Waals surface area contributed by atoms with Crippen molar-refractivity contribution in [1.29, 1.82) is 0 Å². The number of anilines is 1. The normalized spacial score (nSPS) is 13.5. The van der Waals surface area contributed by atoms with Crippen molar-refractivity contribution in [2.45, 2.75) is 32.0 Å². The number of carbonyl (C=O) groups is 1. The minimum atomic E-state index is -0.205. The smallest absolute Gasteiger partial charge is 0.267 e. The Kier molecular flexibility index (Phi) is 7.85. The number of nitrogens with zero attached hydrogens (tertiary/aromatic N) is 3. The number of thioether (sulfide) groups is 1. The molecule has 37 heavy (non-hydrogen) atoms. The van der Waals surface area contributed by atoms with Gasteiger partial charge in [-0.15, -0.1) is 11.3 Å². The Bertz CT molecular complexity index is 1500. The average molecular weight is 555 g/mol. The number of ether oxygens (including phenoxy) is 1. The van der Waals surface area contributed by atoms with E-state index in [9.17, 15) is 9.59 Å². The second-order valence-electron chi connectivity index (χ2n) is 8.61. The summed E-state index contributed by atoms with van der Waals surface area (Å²) in [6, 6.07) is 14.4. The van der Waals surface area contributed by atoms with E-state index in [1.165, 1.54) is 16.6 Å². The third kappa shape index (κ3) is 5.55. The van der Waals surface area contributed by atoms with E-state index in [-0.39, 0.29) is 17.2 Å². The van der Waals surface area contributed by atoms with Gasteiger partial charge in [0.2, 0.25) is 5.91 Å². The maximum Gasteiger partial charge on any atom is 0.267 e. The number of hydrogen-bond acceptors (Lipinski definition) is 7. The molecule has 0 unspecified atom stereocenters. The lowest BCUT2D eigenvalue weighted by molar-refractivity contribution is -0.113. The number of nitrogens with one attached hydrogen (secondary N) is 1. The third-order valence-corrected chi connectivity index (χ3v) is 8.50. The number of likely N-dealkylation sites (N-methyl/N-ethyl adjacent to an activating group) is 1. The SMILES string of the molecule is CCOc1ccc(-n2c(SCC(=O)Nc3cccc(Cl)c3)nc3sc4c(c3c2=O)CCN(CC)C4)cc1. The molecule has 7 nitrogen and oxygen atoms in total. The molecule has 0 atom stereocenters. The predicted octanol–water partition coefficient (Wildman–Crippen LogP) is 5.61. The molecule has 1 N–H and O–H groups in total. The molecule has 4 aromatic rings. The molecule has 3 heterocycles. The van der Waals surface area contributed by atoms with Crippen LogP contribution in [0.3, 0.4) is 0 Å². The number of rotatable bonds is 8. The van der Waals surface area contributed by atoms with Crippen LogP contribution in [0, 0.1) is 0 Å². The lowest BCUT2D eigenvalue weighted by Gasteiger charge is -2.25. The second-order valence-corrected chi connectivity index (χ2v) is 11.1. The van der Waals surface area contributed by atoms with E-state index >= 15 is 0 Å². The molecule has 0 saturated heterocycles. The van der Waals surface area contributed by atoms with Crippen molar-refractivity contribution in [3.63, 3.8) is 0 Å². The summed E-state index contributed by atoms with van der Waals surface area (Å²) in [7, 11) is 0. The molecule has 2 aromatic carbocycles. The minimum Gasteiger partial charge on any atom is -0.494 e. The maximum absolute atomic E-state index is 14.0. The molecular formula is C27H27ClN4O3S2. The highest BCUT2D eigenvalue weighted by molar-refractivity contribution is 7.99. The van der Waals surface area contributed by atoms with Crippen molar-refractivity contribution in [3.05, 3.63) is 74.3 Å². The van der Waals surface area contributed by atoms with Gasteiger partial charge >= 0.3 is 0 Å². The Hall–Kier alpha value is -2.85. The number of aromatic nitrogens is 2. The van der Waals surface area contributed by atoms with Crippen molar-refractivity contribution in [1.82, 2.24) is 14.5 Å². The molecule has 192 valence electrons. The lowest BCUT2D eigenvalue weighted by Crippen LogP contribution is -2.30. The molecule has 2 aromatic heterocycles. The van der Waals surface area contributed by atoms with Gasteiger partial charge in [-0.1, -0.05) is 36.4 Å². The van der Waals surface area contributed by atoms with E-state index in [0.29, 0.717) is 33.5 Å². The first-order chi connectivity index (χ1) is 18.0. The topological polar surface area (TPSA) is 76.5 Å². The largest absolute Gasteiger partial charge is 0.494 e. The van der Waals surface area contributed by atoms with E-state index in [2.05, 4.69) is 17.1 Å². The van der Waals surface area contributed by atoms with E-state index in [4.69, 9.17) is 21.3 Å². The maximum atomic E-state index is 14.0. The Labute approximate surface area is 228 Å². The van der Waals surface area contributed by atoms with Crippen LogP contribution in [0.4, 0.5) is 5.69 Å². The van der Waals surface area contributed by atoms with Gasteiger partial charge in [0.05, 0.1) is 23.4 Å². The minimum absolute atomic E-state index is 0.0934. The highest BCUT2D eigenvalue weighted by Crippen LogP contribution is 2.34. The third-order valence-electron chi connectivity index (χ3n) is 6.22. The van der Waals surface area contributed by atoms with Gasteiger partial charge in [-0.2, -0.15) is 0 Å². The highest BCUT2D eigenvalue weighted by atomic mass is 35.5. The summed E-state index contributed by atoms with van der Waals surface area (Å²) in [6.45, 7) is 7.38. The van der Waals surface area contributed by atoms with Crippen molar-refractivity contribution in [2.75, 3.05) is 30.8 Å². The first-order valence-electron chi connectivity index (χ1n) is 12.2. The average Bonchev–Trinajstić information content (AvgIpc) is 3.26. The molecule has 0 spiro atoms. The quantitative estimate of drug-likeness (QED) is 0.225. The number of halogens is 1. The number of benzene rings is 2. The van der Waals surface area contributed by atoms with Gasteiger partial charge in [-0.25, -0.2) is 4.98 Å². The fourth-order valence-corrected chi connectivity index (χ4v) is 6.73. The van der Waals surface area contributed by atoms with Crippen molar-refractivity contribution in [2.24, 2.45) is 0 Å². The zero-order chi connectivity index (χ0) is 25.9. The summed E-state index contributed by atoms with van der Waals surface area (Å²) in [6.07, 6.45) is 0.831. The van der Waals surface area contributed by atoms with Crippen molar-refractivity contribution < 1.29 is 9.53 Å². The fraction of sp³-hybridized carbons (Fsp3) is 0.296. The molecular weight excluding hydrogens is 528 g/mol. The fourth-order valence-electron chi connectivity index (χ4n) is 4.42. The van der Waals surface area contributed by atoms with Gasteiger partial charge in [0.1, 0.15) is 10.6 Å². The monoisotopic (exact) mass is 554 g/mol. The van der Waals surface area contributed by atoms with E-state index in [0.717, 1.165) is 42.2 Å². The van der Waals surface area contributed by atoms with Gasteiger partial charge in [0.15, 0.2) is 5.16 Å². The van der Waals surface area contributed by atoms with Crippen LogP contribution in [0.15, 0.2) is 58.5 Å². The van der Waals surface area contributed by atoms with E-state index in [1.807, 2.05) is 31.2 Å². The molecule has 5 rings (SSSR count). The van der Waals surface area contributed by atoms with Gasteiger partial charge in [0, 0.05) is 28.7 Å². The van der Waals surface area contributed by atoms with Crippen LogP contribution >= 0.6 is 34.7 Å². The number of amides is 1. The van der Waals surface area contributed by atoms with Gasteiger partial charge in [0.25, 0.3) is 5.56 Å². The van der Waals surface area contributed by atoms with Crippen molar-refractivity contribution >= 4 is 56.5 Å². The summed E-state index contributed by atoms with van der Waals surface area (Å²) < 4.78 is 7.20. The predicted molar refractivity (Wildman–Crippen MR) is 152 cm³/mol. The molecule has 0 saturated carbocycles. The first kappa shape index (κ1) is 25.8. The van der Waals surface area contributed by atoms with Crippen LogP contribution in [-0.2, 0) is 17.8 Å². The Balaban J connectivity index is 1.52. The molecule has 1 aliphatic rings. The van der Waals surface area contributed by atoms with Crippen LogP contribution in [0.1, 0.15) is 24.3 Å². The number of hydrogen-bond donors (Lipinski definition) is 1. The second kappa shape index (κ2) is 11.3. The zero-order valence-electron chi connectivity index (χ0n) is 20.6. The molecule has 0 aliphatic carbocycles. The van der Waals surface area contributed by atoms with Crippen molar-refractivity contribution in [3.8, 4) is 11.4 Å².